The van der Waals surface area contributed by atoms with Crippen LogP contribution in [0.5, 0.6) is 5.75 Å². The lowest BCUT2D eigenvalue weighted by Gasteiger charge is -2.29. The fourth-order valence-electron chi connectivity index (χ4n) is 2.12. The standard InChI is InChI=1S/C13H13BrN2O2/c14-10-3-4-12(17)11(6-10)13(18)16-5-1-2-9(7-15)8-16/h3-4,6,9,17H,1-2,5,8H2. The molecule has 1 aliphatic heterocycles. The molecule has 0 saturated carbocycles. The van der Waals surface area contributed by atoms with Crippen LogP contribution in [-0.2, 0) is 0 Å². The smallest absolute Gasteiger partial charge is 0.257 e. The van der Waals surface area contributed by atoms with Crippen molar-refractivity contribution in [2.24, 2.45) is 5.92 Å². The number of hydrogen-bond acceptors (Lipinski definition) is 3. The van der Waals surface area contributed by atoms with Crippen molar-refractivity contribution >= 4 is 21.8 Å². The molecule has 1 N–H and O–H groups in total. The number of amides is 1. The first kappa shape index (κ1) is 12.9. The van der Waals surface area contributed by atoms with Gasteiger partial charge in [-0.05, 0) is 31.0 Å². The van der Waals surface area contributed by atoms with Gasteiger partial charge in [-0.2, -0.15) is 5.26 Å². The minimum atomic E-state index is -0.214. The maximum Gasteiger partial charge on any atom is 0.257 e. The Kier molecular flexibility index (Phi) is 3.87. The Morgan fingerprint density at radius 3 is 3.06 bits per heavy atom. The van der Waals surface area contributed by atoms with Crippen molar-refractivity contribution in [3.8, 4) is 11.8 Å². The number of nitriles is 1. The van der Waals surface area contributed by atoms with Crippen molar-refractivity contribution in [2.45, 2.75) is 12.8 Å². The van der Waals surface area contributed by atoms with Gasteiger partial charge in [-0.15, -0.1) is 0 Å². The minimum Gasteiger partial charge on any atom is -0.507 e. The number of halogens is 1. The number of rotatable bonds is 1. The van der Waals surface area contributed by atoms with E-state index in [-0.39, 0.29) is 23.1 Å². The van der Waals surface area contributed by atoms with Gasteiger partial charge in [0.05, 0.1) is 17.6 Å². The van der Waals surface area contributed by atoms with Crippen molar-refractivity contribution in [3.05, 3.63) is 28.2 Å². The zero-order valence-corrected chi connectivity index (χ0v) is 11.4. The molecule has 1 atom stereocenters. The Morgan fingerprint density at radius 2 is 2.33 bits per heavy atom. The Balaban J connectivity index is 2.21. The molecule has 0 aromatic heterocycles. The van der Waals surface area contributed by atoms with Crippen LogP contribution < -0.4 is 0 Å². The Hall–Kier alpha value is -1.54. The van der Waals surface area contributed by atoms with Crippen LogP contribution in [0.4, 0.5) is 0 Å². The molecule has 1 aromatic carbocycles. The number of hydrogen-bond donors (Lipinski definition) is 1. The molecule has 1 unspecified atom stereocenters. The molecule has 94 valence electrons. The molecule has 1 aromatic rings. The number of benzene rings is 1. The summed E-state index contributed by atoms with van der Waals surface area (Å²) in [6.45, 7) is 1.09. The number of carbonyl (C=O) groups is 1. The molecular weight excluding hydrogens is 296 g/mol. The molecule has 4 nitrogen and oxygen atoms in total. The van der Waals surface area contributed by atoms with Crippen LogP contribution in [0.2, 0.25) is 0 Å². The largest absolute Gasteiger partial charge is 0.507 e. The van der Waals surface area contributed by atoms with Crippen LogP contribution in [0.3, 0.4) is 0 Å². The van der Waals surface area contributed by atoms with Crippen molar-refractivity contribution in [1.29, 1.82) is 5.26 Å². The molecule has 0 aliphatic carbocycles. The first-order chi connectivity index (χ1) is 8.61. The summed E-state index contributed by atoms with van der Waals surface area (Å²) >= 11 is 3.28. The molecule has 1 saturated heterocycles. The van der Waals surface area contributed by atoms with Gasteiger partial charge in [0.25, 0.3) is 5.91 Å². The SMILES string of the molecule is N#CC1CCCN(C(=O)c2cc(Br)ccc2O)C1. The van der Waals surface area contributed by atoms with E-state index in [4.69, 9.17) is 5.26 Å². The second-order valence-electron chi connectivity index (χ2n) is 4.38. The van der Waals surface area contributed by atoms with Gasteiger partial charge in [-0.25, -0.2) is 0 Å². The average Bonchev–Trinajstić information content (AvgIpc) is 2.41. The third-order valence-electron chi connectivity index (χ3n) is 3.08. The Labute approximate surface area is 114 Å². The summed E-state index contributed by atoms with van der Waals surface area (Å²) in [6, 6.07) is 6.98. The summed E-state index contributed by atoms with van der Waals surface area (Å²) in [5, 5.41) is 18.6. The van der Waals surface area contributed by atoms with Crippen LogP contribution in [0.15, 0.2) is 22.7 Å². The fourth-order valence-corrected chi connectivity index (χ4v) is 2.48. The van der Waals surface area contributed by atoms with E-state index < -0.39 is 0 Å². The molecule has 18 heavy (non-hydrogen) atoms. The minimum absolute atomic E-state index is 0.0257. The van der Waals surface area contributed by atoms with Gasteiger partial charge in [0, 0.05) is 17.6 Å². The van der Waals surface area contributed by atoms with Crippen LogP contribution >= 0.6 is 15.9 Å². The van der Waals surface area contributed by atoms with E-state index in [1.165, 1.54) is 6.07 Å². The fraction of sp³-hybridized carbons (Fsp3) is 0.385. The quantitative estimate of drug-likeness (QED) is 0.867. The monoisotopic (exact) mass is 308 g/mol. The van der Waals surface area contributed by atoms with Crippen molar-refractivity contribution < 1.29 is 9.90 Å². The number of likely N-dealkylation sites (tertiary alicyclic amines) is 1. The highest BCUT2D eigenvalue weighted by molar-refractivity contribution is 9.10. The number of phenolic OH excluding ortho intramolecular Hbond substituents is 1. The first-order valence-electron chi connectivity index (χ1n) is 5.79. The van der Waals surface area contributed by atoms with E-state index in [0.29, 0.717) is 13.1 Å². The number of phenols is 1. The lowest BCUT2D eigenvalue weighted by atomic mass is 9.99. The number of aromatic hydroxyl groups is 1. The van der Waals surface area contributed by atoms with Crippen LogP contribution in [-0.4, -0.2) is 29.0 Å². The summed E-state index contributed by atoms with van der Waals surface area (Å²) in [5.74, 6) is -0.340. The van der Waals surface area contributed by atoms with Crippen LogP contribution in [0, 0.1) is 17.2 Å². The lowest BCUT2D eigenvalue weighted by molar-refractivity contribution is 0.0695. The molecule has 0 spiro atoms. The highest BCUT2D eigenvalue weighted by atomic mass is 79.9. The summed E-state index contributed by atoms with van der Waals surface area (Å²) in [7, 11) is 0. The van der Waals surface area contributed by atoms with E-state index in [0.717, 1.165) is 17.3 Å². The normalized spacial score (nSPS) is 19.3. The summed E-state index contributed by atoms with van der Waals surface area (Å²) in [5.41, 5.74) is 0.281. The zero-order valence-electron chi connectivity index (χ0n) is 9.77. The van der Waals surface area contributed by atoms with Crippen LogP contribution in [0.25, 0.3) is 0 Å². The van der Waals surface area contributed by atoms with Gasteiger partial charge in [-0.1, -0.05) is 15.9 Å². The number of piperidine rings is 1. The van der Waals surface area contributed by atoms with Crippen molar-refractivity contribution in [3.63, 3.8) is 0 Å². The predicted octanol–water partition coefficient (Wildman–Crippen LogP) is 2.53. The van der Waals surface area contributed by atoms with Gasteiger partial charge in [0.15, 0.2) is 0 Å². The van der Waals surface area contributed by atoms with Crippen molar-refractivity contribution in [1.82, 2.24) is 4.90 Å². The molecule has 5 heteroatoms. The van der Waals surface area contributed by atoms with Gasteiger partial charge < -0.3 is 10.0 Å². The molecule has 0 radical (unpaired) electrons. The molecule has 1 fully saturated rings. The maximum atomic E-state index is 12.3. The molecule has 0 bridgehead atoms. The topological polar surface area (TPSA) is 64.3 Å². The highest BCUT2D eigenvalue weighted by Gasteiger charge is 2.25. The van der Waals surface area contributed by atoms with Gasteiger partial charge >= 0.3 is 0 Å². The Morgan fingerprint density at radius 1 is 1.56 bits per heavy atom. The van der Waals surface area contributed by atoms with Crippen LogP contribution in [0.1, 0.15) is 23.2 Å². The molecule has 1 aliphatic rings. The van der Waals surface area contributed by atoms with E-state index in [1.807, 2.05) is 0 Å². The highest BCUT2D eigenvalue weighted by Crippen LogP contribution is 2.25. The summed E-state index contributed by atoms with van der Waals surface area (Å²) < 4.78 is 0.748. The summed E-state index contributed by atoms with van der Waals surface area (Å²) in [6.07, 6.45) is 1.67. The Bertz CT molecular complexity index is 510. The van der Waals surface area contributed by atoms with E-state index >= 15 is 0 Å². The molecule has 2 rings (SSSR count). The maximum absolute atomic E-state index is 12.3. The summed E-state index contributed by atoms with van der Waals surface area (Å²) in [4.78, 5) is 13.9. The predicted molar refractivity (Wildman–Crippen MR) is 70.0 cm³/mol. The van der Waals surface area contributed by atoms with Gasteiger partial charge in [0.1, 0.15) is 5.75 Å². The first-order valence-corrected chi connectivity index (χ1v) is 6.58. The molecule has 1 heterocycles. The second-order valence-corrected chi connectivity index (χ2v) is 5.30. The number of carbonyl (C=O) groups excluding carboxylic acids is 1. The van der Waals surface area contributed by atoms with Crippen molar-refractivity contribution in [2.75, 3.05) is 13.1 Å². The van der Waals surface area contributed by atoms with E-state index in [2.05, 4.69) is 22.0 Å². The average molecular weight is 309 g/mol. The molecular formula is C13H13BrN2O2. The third kappa shape index (κ3) is 2.65. The van der Waals surface area contributed by atoms with Gasteiger partial charge in [-0.3, -0.25) is 4.79 Å². The third-order valence-corrected chi connectivity index (χ3v) is 3.57. The lowest BCUT2D eigenvalue weighted by Crippen LogP contribution is -2.39. The van der Waals surface area contributed by atoms with E-state index in [9.17, 15) is 9.90 Å². The van der Waals surface area contributed by atoms with Gasteiger partial charge in [0.2, 0.25) is 0 Å². The van der Waals surface area contributed by atoms with E-state index in [1.54, 1.807) is 17.0 Å². The zero-order chi connectivity index (χ0) is 13.1. The number of nitrogens with zero attached hydrogens (tertiary/aromatic N) is 2. The molecule has 1 amide bonds. The second kappa shape index (κ2) is 5.40.